The molecule has 0 unspecified atom stereocenters. The molecule has 0 spiro atoms. The number of nitrogens with zero attached hydrogens (tertiary/aromatic N) is 5. The number of guanidine groups is 1. The Bertz CT molecular complexity index is 553. The van der Waals surface area contributed by atoms with E-state index in [1.54, 1.807) is 11.9 Å². The van der Waals surface area contributed by atoms with Crippen LogP contribution in [0, 0.1) is 14.1 Å². The monoisotopic (exact) mass is 302 g/mol. The zero-order valence-corrected chi connectivity index (χ0v) is 12.2. The quantitative estimate of drug-likeness (QED) is 0.508. The van der Waals surface area contributed by atoms with Crippen molar-refractivity contribution in [3.05, 3.63) is 25.1 Å². The molecule has 0 bridgehead atoms. The lowest BCUT2D eigenvalue weighted by Gasteiger charge is -2.39. The van der Waals surface area contributed by atoms with Crippen molar-refractivity contribution in [3.63, 3.8) is 0 Å². The van der Waals surface area contributed by atoms with Gasteiger partial charge in [0.2, 0.25) is 0 Å². The number of aromatic amines is 1. The zero-order chi connectivity index (χ0) is 14.0. The number of thiazole rings is 1. The summed E-state index contributed by atoms with van der Waals surface area (Å²) in [6.45, 7) is 1.73. The Kier molecular flexibility index (Phi) is 4.12. The lowest BCUT2D eigenvalue weighted by atomic mass is 10.4. The minimum absolute atomic E-state index is 0.363. The number of hydrazone groups is 1. The van der Waals surface area contributed by atoms with Crippen LogP contribution >= 0.6 is 23.6 Å². The van der Waals surface area contributed by atoms with E-state index in [1.807, 2.05) is 23.0 Å². The molecule has 0 aliphatic carbocycles. The topological polar surface area (TPSA) is 81.0 Å². The summed E-state index contributed by atoms with van der Waals surface area (Å²) in [5.41, 5.74) is 0. The highest BCUT2D eigenvalue weighted by Crippen LogP contribution is 2.16. The molecule has 1 aromatic rings. The third kappa shape index (κ3) is 3.49. The number of nitro groups is 1. The van der Waals surface area contributed by atoms with Crippen molar-refractivity contribution in [2.45, 2.75) is 6.54 Å². The molecular weight excluding hydrogens is 288 g/mol. The summed E-state index contributed by atoms with van der Waals surface area (Å²) in [7, 11) is 3.73. The normalized spacial score (nSPS) is 19.2. The number of hydrogen-bond donors (Lipinski definition) is 1. The highest BCUT2D eigenvalue weighted by atomic mass is 32.1. The summed E-state index contributed by atoms with van der Waals surface area (Å²) < 4.78 is 0.696. The fourth-order valence-corrected chi connectivity index (χ4v) is 3.06. The van der Waals surface area contributed by atoms with Gasteiger partial charge in [0.15, 0.2) is 8.99 Å². The fourth-order valence-electron chi connectivity index (χ4n) is 1.98. The van der Waals surface area contributed by atoms with Crippen LogP contribution in [-0.4, -0.2) is 58.1 Å². The van der Waals surface area contributed by atoms with Crippen LogP contribution in [0.5, 0.6) is 0 Å². The van der Waals surface area contributed by atoms with Gasteiger partial charge in [-0.3, -0.25) is 4.90 Å². The predicted octanol–water partition coefficient (Wildman–Crippen LogP) is 0.948. The van der Waals surface area contributed by atoms with Gasteiger partial charge in [0, 0.05) is 18.1 Å². The minimum atomic E-state index is -0.663. The van der Waals surface area contributed by atoms with Gasteiger partial charge in [0.25, 0.3) is 5.96 Å². The molecule has 0 atom stereocenters. The molecule has 19 heavy (non-hydrogen) atoms. The second kappa shape index (κ2) is 5.63. The Morgan fingerprint density at radius 2 is 2.32 bits per heavy atom. The van der Waals surface area contributed by atoms with Crippen molar-refractivity contribution < 1.29 is 5.03 Å². The van der Waals surface area contributed by atoms with Gasteiger partial charge in [-0.2, -0.15) is 0 Å². The van der Waals surface area contributed by atoms with Gasteiger partial charge in [-0.05, 0) is 19.3 Å². The Hall–Kier alpha value is -1.52. The van der Waals surface area contributed by atoms with Crippen molar-refractivity contribution >= 4 is 29.5 Å². The Morgan fingerprint density at radius 3 is 2.89 bits per heavy atom. The molecule has 10 heteroatoms. The Labute approximate surface area is 119 Å². The first kappa shape index (κ1) is 13.9. The summed E-state index contributed by atoms with van der Waals surface area (Å²) in [4.78, 5) is 20.2. The summed E-state index contributed by atoms with van der Waals surface area (Å²) in [5, 5.41) is 13.4. The molecule has 2 rings (SSSR count). The van der Waals surface area contributed by atoms with Crippen molar-refractivity contribution in [3.8, 4) is 0 Å². The molecule has 1 aliphatic rings. The molecule has 1 fully saturated rings. The van der Waals surface area contributed by atoms with Gasteiger partial charge in [-0.15, -0.1) is 11.3 Å². The second-order valence-corrected chi connectivity index (χ2v) is 6.12. The van der Waals surface area contributed by atoms with E-state index in [0.29, 0.717) is 29.8 Å². The molecule has 1 aromatic heterocycles. The van der Waals surface area contributed by atoms with E-state index in [1.165, 1.54) is 11.3 Å². The zero-order valence-electron chi connectivity index (χ0n) is 10.6. The van der Waals surface area contributed by atoms with Gasteiger partial charge in [0.1, 0.15) is 5.10 Å². The smallest absolute Gasteiger partial charge is 0.276 e. The Balaban J connectivity index is 2.22. The average Bonchev–Trinajstić information content (AvgIpc) is 2.69. The molecule has 1 aliphatic heterocycles. The molecule has 8 nitrogen and oxygen atoms in total. The minimum Gasteiger partial charge on any atom is -0.343 e. The van der Waals surface area contributed by atoms with Crippen LogP contribution in [0.1, 0.15) is 4.88 Å². The Morgan fingerprint density at radius 1 is 1.58 bits per heavy atom. The average molecular weight is 302 g/mol. The molecule has 104 valence electrons. The first-order valence-corrected chi connectivity index (χ1v) is 6.73. The molecule has 0 radical (unpaired) electrons. The molecule has 0 aromatic carbocycles. The standard InChI is InChI=1S/C9H14N6O2S2/c1-12-5-13(2)8(11-15(16)17)14(6-12)4-7-3-10-9(18)19-7/h3H,4-6H2,1-2H3,(H,10,18). The van der Waals surface area contributed by atoms with E-state index in [4.69, 9.17) is 12.2 Å². The van der Waals surface area contributed by atoms with Gasteiger partial charge < -0.3 is 14.8 Å². The number of aromatic nitrogens is 1. The molecule has 1 N–H and O–H groups in total. The summed E-state index contributed by atoms with van der Waals surface area (Å²) >= 11 is 6.49. The number of nitrogens with one attached hydrogen (secondary N) is 1. The number of hydrogen-bond acceptors (Lipinski definition) is 5. The van der Waals surface area contributed by atoms with Crippen LogP contribution in [0.4, 0.5) is 0 Å². The van der Waals surface area contributed by atoms with Crippen LogP contribution < -0.4 is 0 Å². The van der Waals surface area contributed by atoms with Crippen molar-refractivity contribution in [1.82, 2.24) is 19.7 Å². The van der Waals surface area contributed by atoms with Gasteiger partial charge in [0.05, 0.1) is 19.9 Å². The van der Waals surface area contributed by atoms with E-state index >= 15 is 0 Å². The molecule has 0 amide bonds. The lowest BCUT2D eigenvalue weighted by molar-refractivity contribution is -0.486. The van der Waals surface area contributed by atoms with E-state index in [-0.39, 0.29) is 0 Å². The largest absolute Gasteiger partial charge is 0.343 e. The van der Waals surface area contributed by atoms with Gasteiger partial charge in [-0.25, -0.2) is 10.1 Å². The number of H-pyrrole nitrogens is 1. The van der Waals surface area contributed by atoms with Crippen LogP contribution in [0.3, 0.4) is 0 Å². The van der Waals surface area contributed by atoms with Crippen LogP contribution in [0.2, 0.25) is 0 Å². The van der Waals surface area contributed by atoms with E-state index < -0.39 is 5.03 Å². The van der Waals surface area contributed by atoms with E-state index in [9.17, 15) is 10.1 Å². The number of rotatable bonds is 3. The highest BCUT2D eigenvalue weighted by molar-refractivity contribution is 7.73. The van der Waals surface area contributed by atoms with E-state index in [0.717, 1.165) is 4.88 Å². The summed E-state index contributed by atoms with van der Waals surface area (Å²) in [5.74, 6) is 0.363. The van der Waals surface area contributed by atoms with Gasteiger partial charge in [-0.1, -0.05) is 0 Å². The van der Waals surface area contributed by atoms with E-state index in [2.05, 4.69) is 10.1 Å². The SMILES string of the molecule is CN1CN(C)C(=N[N+](=O)[O-])N(Cc2c[nH]c(=S)s2)C1. The molecular formula is C9H14N6O2S2. The molecule has 2 heterocycles. The third-order valence-corrected chi connectivity index (χ3v) is 3.76. The molecule has 0 saturated carbocycles. The van der Waals surface area contributed by atoms with Crippen molar-refractivity contribution in [2.24, 2.45) is 5.10 Å². The van der Waals surface area contributed by atoms with Crippen LogP contribution in [-0.2, 0) is 6.54 Å². The third-order valence-electron chi connectivity index (χ3n) is 2.58. The predicted molar refractivity (Wildman–Crippen MR) is 74.7 cm³/mol. The molecule has 1 saturated heterocycles. The lowest BCUT2D eigenvalue weighted by Crippen LogP contribution is -2.55. The van der Waals surface area contributed by atoms with Crippen LogP contribution in [0.15, 0.2) is 11.3 Å². The maximum atomic E-state index is 10.6. The summed E-state index contributed by atoms with van der Waals surface area (Å²) in [6.07, 6.45) is 1.82. The highest BCUT2D eigenvalue weighted by Gasteiger charge is 2.27. The van der Waals surface area contributed by atoms with Crippen molar-refractivity contribution in [1.29, 1.82) is 0 Å². The first-order chi connectivity index (χ1) is 8.95. The summed E-state index contributed by atoms with van der Waals surface area (Å²) in [6, 6.07) is 0. The van der Waals surface area contributed by atoms with Crippen molar-refractivity contribution in [2.75, 3.05) is 27.4 Å². The van der Waals surface area contributed by atoms with Gasteiger partial charge >= 0.3 is 0 Å². The fraction of sp³-hybridized carbons (Fsp3) is 0.556. The first-order valence-electron chi connectivity index (χ1n) is 5.50. The maximum absolute atomic E-state index is 10.6. The second-order valence-electron chi connectivity index (χ2n) is 4.32. The maximum Gasteiger partial charge on any atom is 0.276 e. The van der Waals surface area contributed by atoms with Crippen LogP contribution in [0.25, 0.3) is 0 Å².